The molecule has 3 heterocycles. The van der Waals surface area contributed by atoms with Gasteiger partial charge in [0, 0.05) is 24.2 Å². The molecule has 0 saturated carbocycles. The van der Waals surface area contributed by atoms with Crippen molar-refractivity contribution >= 4 is 5.69 Å². The molecule has 8 nitrogen and oxygen atoms in total. The Balaban J connectivity index is 1.33. The van der Waals surface area contributed by atoms with Gasteiger partial charge in [-0.2, -0.15) is 4.98 Å². The van der Waals surface area contributed by atoms with Crippen LogP contribution in [-0.2, 0) is 22.4 Å². The SMILES string of the molecule is Cc1c(-c2noc(-c3ccc(OC(C)C)c(N)c3)n2)ccc2c1CCN(C1COC(C)(C)OC1)C2. The molecule has 1 aromatic heterocycles. The van der Waals surface area contributed by atoms with Gasteiger partial charge in [0.25, 0.3) is 5.89 Å². The third-order valence-electron chi connectivity index (χ3n) is 6.77. The Morgan fingerprint density at radius 1 is 1.14 bits per heavy atom. The van der Waals surface area contributed by atoms with Crippen LogP contribution in [0.4, 0.5) is 5.69 Å². The summed E-state index contributed by atoms with van der Waals surface area (Å²) in [4.78, 5) is 7.14. The van der Waals surface area contributed by atoms with Gasteiger partial charge in [-0.3, -0.25) is 4.90 Å². The first-order chi connectivity index (χ1) is 16.7. The van der Waals surface area contributed by atoms with Gasteiger partial charge in [-0.15, -0.1) is 0 Å². The van der Waals surface area contributed by atoms with Crippen LogP contribution in [0.5, 0.6) is 5.75 Å². The summed E-state index contributed by atoms with van der Waals surface area (Å²) in [6.07, 6.45) is 1.02. The van der Waals surface area contributed by atoms with E-state index in [-0.39, 0.29) is 12.1 Å². The Bertz CT molecular complexity index is 1210. The Hall–Kier alpha value is -2.94. The van der Waals surface area contributed by atoms with Crippen molar-refractivity contribution in [1.82, 2.24) is 15.0 Å². The summed E-state index contributed by atoms with van der Waals surface area (Å²) in [5, 5.41) is 4.27. The Kier molecular flexibility index (Phi) is 6.29. The van der Waals surface area contributed by atoms with Crippen molar-refractivity contribution in [3.05, 3.63) is 47.0 Å². The highest BCUT2D eigenvalue weighted by atomic mass is 16.7. The molecule has 186 valence electrons. The highest BCUT2D eigenvalue weighted by Crippen LogP contribution is 2.33. The molecule has 0 radical (unpaired) electrons. The van der Waals surface area contributed by atoms with E-state index in [1.165, 1.54) is 16.7 Å². The fraction of sp³-hybridized carbons (Fsp3) is 0.481. The summed E-state index contributed by atoms with van der Waals surface area (Å²) in [5.41, 5.74) is 12.4. The molecule has 8 heteroatoms. The van der Waals surface area contributed by atoms with Crippen molar-refractivity contribution in [3.63, 3.8) is 0 Å². The van der Waals surface area contributed by atoms with Gasteiger partial charge in [0.2, 0.25) is 5.82 Å². The third kappa shape index (κ3) is 4.91. The monoisotopic (exact) mass is 478 g/mol. The standard InChI is InChI=1S/C27H34N4O4/c1-16(2)34-24-9-7-18(12-23(24)28)26-29-25(30-35-26)22-8-6-19-13-31(11-10-21(19)17(22)3)20-14-32-27(4,5)33-15-20/h6-9,12,16,20H,10-11,13-15,28H2,1-5H3. The number of nitrogens with two attached hydrogens (primary N) is 1. The van der Waals surface area contributed by atoms with Crippen LogP contribution in [0.25, 0.3) is 22.8 Å². The normalized spacial score (nSPS) is 18.6. The predicted molar refractivity (Wildman–Crippen MR) is 134 cm³/mol. The van der Waals surface area contributed by atoms with Gasteiger partial charge in [0.15, 0.2) is 5.79 Å². The van der Waals surface area contributed by atoms with E-state index in [1.807, 2.05) is 45.9 Å². The van der Waals surface area contributed by atoms with Crippen LogP contribution in [0.2, 0.25) is 0 Å². The molecule has 3 aromatic rings. The smallest absolute Gasteiger partial charge is 0.258 e. The lowest BCUT2D eigenvalue weighted by atomic mass is 9.91. The second-order valence-electron chi connectivity index (χ2n) is 10.1. The fourth-order valence-electron chi connectivity index (χ4n) is 4.80. The van der Waals surface area contributed by atoms with E-state index in [2.05, 4.69) is 34.1 Å². The number of benzene rings is 2. The lowest BCUT2D eigenvalue weighted by Crippen LogP contribution is -2.51. The van der Waals surface area contributed by atoms with Gasteiger partial charge >= 0.3 is 0 Å². The minimum Gasteiger partial charge on any atom is -0.489 e. The Labute approximate surface area is 206 Å². The van der Waals surface area contributed by atoms with Crippen molar-refractivity contribution in [2.24, 2.45) is 0 Å². The van der Waals surface area contributed by atoms with E-state index in [0.29, 0.717) is 36.4 Å². The van der Waals surface area contributed by atoms with Crippen molar-refractivity contribution in [1.29, 1.82) is 0 Å². The molecular formula is C27H34N4O4. The average molecular weight is 479 g/mol. The van der Waals surface area contributed by atoms with Crippen LogP contribution >= 0.6 is 0 Å². The van der Waals surface area contributed by atoms with Crippen LogP contribution in [0.3, 0.4) is 0 Å². The molecule has 1 saturated heterocycles. The van der Waals surface area contributed by atoms with Crippen molar-refractivity contribution in [3.8, 4) is 28.6 Å². The Morgan fingerprint density at radius 3 is 2.63 bits per heavy atom. The van der Waals surface area contributed by atoms with Gasteiger partial charge in [-0.05, 0) is 75.9 Å². The number of fused-ring (bicyclic) bond motifs is 1. The maximum Gasteiger partial charge on any atom is 0.258 e. The maximum absolute atomic E-state index is 6.17. The molecule has 0 spiro atoms. The van der Waals surface area contributed by atoms with Crippen molar-refractivity contribution < 1.29 is 18.7 Å². The molecule has 0 bridgehead atoms. The summed E-state index contributed by atoms with van der Waals surface area (Å²) in [7, 11) is 0. The molecule has 2 N–H and O–H groups in total. The zero-order valence-electron chi connectivity index (χ0n) is 21.1. The third-order valence-corrected chi connectivity index (χ3v) is 6.77. The molecule has 5 rings (SSSR count). The predicted octanol–water partition coefficient (Wildman–Crippen LogP) is 4.59. The van der Waals surface area contributed by atoms with Gasteiger partial charge < -0.3 is 24.5 Å². The molecule has 2 aromatic carbocycles. The summed E-state index contributed by atoms with van der Waals surface area (Å²) in [6, 6.07) is 10.1. The molecule has 0 aliphatic carbocycles. The number of nitrogen functional groups attached to an aromatic ring is 1. The van der Waals surface area contributed by atoms with Gasteiger partial charge in [-0.25, -0.2) is 0 Å². The van der Waals surface area contributed by atoms with Gasteiger partial charge in [0.1, 0.15) is 5.75 Å². The van der Waals surface area contributed by atoms with E-state index in [9.17, 15) is 0 Å². The first-order valence-electron chi connectivity index (χ1n) is 12.2. The number of hydrogen-bond donors (Lipinski definition) is 1. The Morgan fingerprint density at radius 2 is 1.91 bits per heavy atom. The van der Waals surface area contributed by atoms with Crippen LogP contribution in [0.1, 0.15) is 44.4 Å². The lowest BCUT2D eigenvalue weighted by molar-refractivity contribution is -0.264. The van der Waals surface area contributed by atoms with Crippen molar-refractivity contribution in [2.45, 2.75) is 65.5 Å². The molecule has 0 unspecified atom stereocenters. The first-order valence-corrected chi connectivity index (χ1v) is 12.2. The van der Waals surface area contributed by atoms with Crippen LogP contribution in [0.15, 0.2) is 34.9 Å². The van der Waals surface area contributed by atoms with Crippen LogP contribution in [0, 0.1) is 6.92 Å². The number of aromatic nitrogens is 2. The van der Waals surface area contributed by atoms with Gasteiger partial charge in [0.05, 0.1) is 31.0 Å². The molecule has 2 aliphatic rings. The number of hydrogen-bond acceptors (Lipinski definition) is 8. The first kappa shape index (κ1) is 23.8. The van der Waals surface area contributed by atoms with E-state index in [4.69, 9.17) is 24.5 Å². The number of nitrogens with zero attached hydrogens (tertiary/aromatic N) is 3. The number of anilines is 1. The van der Waals surface area contributed by atoms with Gasteiger partial charge in [-0.1, -0.05) is 17.3 Å². The largest absolute Gasteiger partial charge is 0.489 e. The minimum atomic E-state index is -0.491. The van der Waals surface area contributed by atoms with E-state index >= 15 is 0 Å². The quantitative estimate of drug-likeness (QED) is 0.532. The summed E-state index contributed by atoms with van der Waals surface area (Å²) in [5.74, 6) is 1.18. The number of rotatable bonds is 5. The highest BCUT2D eigenvalue weighted by molar-refractivity contribution is 5.68. The summed E-state index contributed by atoms with van der Waals surface area (Å²) in [6.45, 7) is 13.3. The minimum absolute atomic E-state index is 0.0497. The summed E-state index contributed by atoms with van der Waals surface area (Å²) < 4.78 is 23.1. The molecule has 1 fully saturated rings. The average Bonchev–Trinajstić information content (AvgIpc) is 3.30. The van der Waals surface area contributed by atoms with E-state index < -0.39 is 5.79 Å². The van der Waals surface area contributed by atoms with E-state index in [0.717, 1.165) is 30.6 Å². The highest BCUT2D eigenvalue weighted by Gasteiger charge is 2.33. The lowest BCUT2D eigenvalue weighted by Gasteiger charge is -2.42. The zero-order chi connectivity index (χ0) is 24.7. The molecular weight excluding hydrogens is 444 g/mol. The second-order valence-corrected chi connectivity index (χ2v) is 10.1. The zero-order valence-corrected chi connectivity index (χ0v) is 21.1. The fourth-order valence-corrected chi connectivity index (χ4v) is 4.80. The second kappa shape index (κ2) is 9.26. The van der Waals surface area contributed by atoms with Crippen LogP contribution < -0.4 is 10.5 Å². The summed E-state index contributed by atoms with van der Waals surface area (Å²) >= 11 is 0. The molecule has 0 amide bonds. The van der Waals surface area contributed by atoms with E-state index in [1.54, 1.807) is 0 Å². The van der Waals surface area contributed by atoms with Crippen LogP contribution in [-0.4, -0.2) is 52.7 Å². The maximum atomic E-state index is 6.17. The molecule has 0 atom stereocenters. The van der Waals surface area contributed by atoms with Crippen molar-refractivity contribution in [2.75, 3.05) is 25.5 Å². The molecule has 35 heavy (non-hydrogen) atoms. The number of ether oxygens (including phenoxy) is 3. The molecule has 2 aliphatic heterocycles. The topological polar surface area (TPSA) is 95.9 Å².